The summed E-state index contributed by atoms with van der Waals surface area (Å²) in [6.45, 7) is 4.07. The van der Waals surface area contributed by atoms with Crippen molar-refractivity contribution in [2.24, 2.45) is 11.8 Å². The number of carbonyl (C=O) groups is 11. The highest BCUT2D eigenvalue weighted by molar-refractivity contribution is 5.87. The summed E-state index contributed by atoms with van der Waals surface area (Å²) in [5.41, 5.74) is 0. The Morgan fingerprint density at radius 3 is 1.43 bits per heavy atom. The summed E-state index contributed by atoms with van der Waals surface area (Å²) < 4.78 is 21.4. The van der Waals surface area contributed by atoms with Crippen LogP contribution in [0, 0.1) is 11.8 Å². The van der Waals surface area contributed by atoms with Crippen molar-refractivity contribution in [1.29, 1.82) is 0 Å². The zero-order valence-corrected chi connectivity index (χ0v) is 45.2. The number of carbonyl (C=O) groups excluding carboxylic acids is 7. The van der Waals surface area contributed by atoms with E-state index >= 15 is 0 Å². The summed E-state index contributed by atoms with van der Waals surface area (Å²) in [4.78, 5) is 131. The molecule has 0 saturated carbocycles. The van der Waals surface area contributed by atoms with Gasteiger partial charge in [0.15, 0.2) is 5.78 Å². The monoisotopic (exact) mass is 1090 g/mol. The van der Waals surface area contributed by atoms with Gasteiger partial charge in [0.2, 0.25) is 23.6 Å². The predicted octanol–water partition coefficient (Wildman–Crippen LogP) is 4.72. The van der Waals surface area contributed by atoms with Crippen molar-refractivity contribution in [2.75, 3.05) is 65.9 Å². The molecule has 0 bridgehead atoms. The Balaban J connectivity index is 3.97. The average Bonchev–Trinajstić information content (AvgIpc) is 3.36. The van der Waals surface area contributed by atoms with Crippen molar-refractivity contribution in [3.63, 3.8) is 0 Å². The zero-order valence-electron chi connectivity index (χ0n) is 45.2. The van der Waals surface area contributed by atoms with Crippen LogP contribution < -0.4 is 21.3 Å². The Kier molecular flexibility index (Phi) is 43.5. The number of hydrogen-bond donors (Lipinski definition) is 8. The predicted molar refractivity (Wildman–Crippen MR) is 277 cm³/mol. The van der Waals surface area contributed by atoms with Crippen LogP contribution in [-0.4, -0.2) is 163 Å². The molecule has 76 heavy (non-hydrogen) atoms. The van der Waals surface area contributed by atoms with Crippen LogP contribution in [0.1, 0.15) is 181 Å². The van der Waals surface area contributed by atoms with Gasteiger partial charge in [-0.15, -0.1) is 0 Å². The number of rotatable bonds is 54. The van der Waals surface area contributed by atoms with Gasteiger partial charge in [0.05, 0.1) is 39.0 Å². The highest BCUT2D eigenvalue weighted by Crippen LogP contribution is 2.16. The fourth-order valence-corrected chi connectivity index (χ4v) is 7.60. The number of unbranched alkanes of at least 4 members (excludes halogenated alkanes) is 12. The van der Waals surface area contributed by atoms with E-state index in [2.05, 4.69) is 21.3 Å². The van der Waals surface area contributed by atoms with Crippen molar-refractivity contribution in [1.82, 2.24) is 21.3 Å². The first-order chi connectivity index (χ1) is 36.3. The Morgan fingerprint density at radius 2 is 0.882 bits per heavy atom. The van der Waals surface area contributed by atoms with Gasteiger partial charge in [0.25, 0.3) is 0 Å². The largest absolute Gasteiger partial charge is 0.481 e. The highest BCUT2D eigenvalue weighted by atomic mass is 16.5. The first-order valence-corrected chi connectivity index (χ1v) is 27.2. The minimum Gasteiger partial charge on any atom is -0.481 e. The first kappa shape index (κ1) is 70.6. The summed E-state index contributed by atoms with van der Waals surface area (Å²) >= 11 is 0. The van der Waals surface area contributed by atoms with E-state index in [-0.39, 0.29) is 146 Å². The third-order valence-corrected chi connectivity index (χ3v) is 12.4. The maximum Gasteiger partial charge on any atom is 0.326 e. The fraction of sp³-hybridized carbons (Fsp3) is 0.792. The summed E-state index contributed by atoms with van der Waals surface area (Å²) in [7, 11) is 0. The molecular formula is C53H90N4O19. The van der Waals surface area contributed by atoms with Gasteiger partial charge in [-0.05, 0) is 58.3 Å². The van der Waals surface area contributed by atoms with Gasteiger partial charge in [-0.1, -0.05) is 77.6 Å². The minimum atomic E-state index is -1.42. The molecule has 0 heterocycles. The Hall–Kier alpha value is -5.39. The van der Waals surface area contributed by atoms with E-state index < -0.39 is 66.6 Å². The molecule has 0 aliphatic heterocycles. The standard InChI is InChI=1S/C53H90N4O19/c1-39(40(2)58)18-15-16-28-54-46(61)26-22-41(51(67)68)36-42(59)23-24-44(52(69)70)57-49(64)38-76-35-32-73-30-17-19-43(60)37-75-34-33-74-31-29-55-47(62)27-25-45(53(71)72)56-48(63)20-13-11-9-7-5-3-4-6-8-10-12-14-21-50(65)66/h39,41,44-45H,3-38H2,1-2H3,(H,54,61)(H,55,62)(H,56,63)(H,57,64)(H,65,66)(H,67,68)(H,69,70)(H,71,72)/t39-,41+,44-,45-/m0/s1. The Bertz CT molecular complexity index is 1730. The maximum atomic E-state index is 12.6. The molecule has 0 aromatic carbocycles. The summed E-state index contributed by atoms with van der Waals surface area (Å²) in [6.07, 6.45) is 13.9. The van der Waals surface area contributed by atoms with Gasteiger partial charge in [-0.3, -0.25) is 43.2 Å². The van der Waals surface area contributed by atoms with Gasteiger partial charge < -0.3 is 60.6 Å². The van der Waals surface area contributed by atoms with Gasteiger partial charge in [0.1, 0.15) is 36.9 Å². The molecule has 0 aromatic rings. The third-order valence-electron chi connectivity index (χ3n) is 12.4. The first-order valence-electron chi connectivity index (χ1n) is 27.2. The molecule has 0 fully saturated rings. The molecule has 23 nitrogen and oxygen atoms in total. The van der Waals surface area contributed by atoms with Crippen LogP contribution >= 0.6 is 0 Å². The summed E-state index contributed by atoms with van der Waals surface area (Å²) in [5.74, 6) is -8.24. The van der Waals surface area contributed by atoms with Crippen LogP contribution in [0.4, 0.5) is 0 Å². The minimum absolute atomic E-state index is 0.00325. The molecule has 0 spiro atoms. The van der Waals surface area contributed by atoms with Crippen LogP contribution in [0.15, 0.2) is 0 Å². The SMILES string of the molecule is CC(=O)[C@@H](C)CCCCNC(=O)CC[C@H](CC(=O)CC[C@H](NC(=O)COCCOCCCC(=O)COCCOCCNC(=O)CC[C@H](NC(=O)CCCCCCCCCCCCCCC(=O)O)C(=O)O)C(=O)O)C(=O)O. The van der Waals surface area contributed by atoms with Crippen molar-refractivity contribution in [3.05, 3.63) is 0 Å². The van der Waals surface area contributed by atoms with Crippen LogP contribution in [0.3, 0.4) is 0 Å². The number of amides is 4. The Morgan fingerprint density at radius 1 is 0.395 bits per heavy atom. The lowest BCUT2D eigenvalue weighted by Crippen LogP contribution is -2.42. The highest BCUT2D eigenvalue weighted by Gasteiger charge is 2.26. The van der Waals surface area contributed by atoms with Crippen molar-refractivity contribution >= 4 is 64.9 Å². The molecule has 0 rings (SSSR count). The lowest BCUT2D eigenvalue weighted by Gasteiger charge is -2.15. The van der Waals surface area contributed by atoms with E-state index in [4.69, 9.17) is 24.1 Å². The number of carboxylic acids is 4. The fourth-order valence-electron chi connectivity index (χ4n) is 7.60. The van der Waals surface area contributed by atoms with Crippen molar-refractivity contribution in [2.45, 2.75) is 193 Å². The van der Waals surface area contributed by atoms with Crippen LogP contribution in [0.2, 0.25) is 0 Å². The molecule has 4 atom stereocenters. The van der Waals surface area contributed by atoms with E-state index in [0.717, 1.165) is 77.0 Å². The number of Topliss-reactive ketones (excluding diaryl/α,β-unsaturated/α-hetero) is 3. The van der Waals surface area contributed by atoms with Crippen LogP contribution in [0.5, 0.6) is 0 Å². The maximum absolute atomic E-state index is 12.6. The molecule has 0 aromatic heterocycles. The Labute approximate surface area is 447 Å². The average molecular weight is 1090 g/mol. The second kappa shape index (κ2) is 46.9. The molecule has 8 N–H and O–H groups in total. The van der Waals surface area contributed by atoms with Gasteiger partial charge in [-0.2, -0.15) is 0 Å². The molecule has 0 aliphatic carbocycles. The molecule has 0 aliphatic rings. The normalized spacial score (nSPS) is 12.7. The van der Waals surface area contributed by atoms with E-state index in [1.54, 1.807) is 0 Å². The quantitative estimate of drug-likeness (QED) is 0.0382. The topological polar surface area (TPSA) is 354 Å². The number of aliphatic carboxylic acids is 4. The third kappa shape index (κ3) is 43.8. The number of ketones is 3. The van der Waals surface area contributed by atoms with E-state index in [1.807, 2.05) is 6.92 Å². The molecule has 4 amide bonds. The zero-order chi connectivity index (χ0) is 56.8. The molecule has 0 unspecified atom stereocenters. The molecule has 23 heteroatoms. The van der Waals surface area contributed by atoms with E-state index in [9.17, 15) is 68.1 Å². The second-order valence-corrected chi connectivity index (χ2v) is 19.1. The lowest BCUT2D eigenvalue weighted by atomic mass is 9.94. The number of nitrogens with one attached hydrogen (secondary N) is 4. The molecular weight excluding hydrogens is 997 g/mol. The smallest absolute Gasteiger partial charge is 0.326 e. The number of hydrogen-bond acceptors (Lipinski definition) is 15. The summed E-state index contributed by atoms with van der Waals surface area (Å²) in [6, 6.07) is -2.60. The van der Waals surface area contributed by atoms with Gasteiger partial charge in [-0.25, -0.2) is 9.59 Å². The molecule has 436 valence electrons. The molecule has 0 saturated heterocycles. The van der Waals surface area contributed by atoms with Crippen LogP contribution in [0.25, 0.3) is 0 Å². The summed E-state index contributed by atoms with van der Waals surface area (Å²) in [5, 5.41) is 47.4. The molecule has 0 radical (unpaired) electrons. The second-order valence-electron chi connectivity index (χ2n) is 19.1. The van der Waals surface area contributed by atoms with Gasteiger partial charge >= 0.3 is 23.9 Å². The van der Waals surface area contributed by atoms with Gasteiger partial charge in [0, 0.05) is 70.6 Å². The van der Waals surface area contributed by atoms with E-state index in [1.165, 1.54) is 6.92 Å². The van der Waals surface area contributed by atoms with E-state index in [0.29, 0.717) is 32.2 Å². The van der Waals surface area contributed by atoms with Crippen molar-refractivity contribution in [3.8, 4) is 0 Å². The number of ether oxygens (including phenoxy) is 4. The number of carboxylic acid groups (broad SMARTS) is 4. The van der Waals surface area contributed by atoms with Crippen molar-refractivity contribution < 1.29 is 92.1 Å². The van der Waals surface area contributed by atoms with Crippen LogP contribution in [-0.2, 0) is 71.7 Å². The lowest BCUT2D eigenvalue weighted by molar-refractivity contribution is -0.145.